The van der Waals surface area contributed by atoms with Crippen molar-refractivity contribution in [2.24, 2.45) is 5.92 Å². The van der Waals surface area contributed by atoms with Crippen molar-refractivity contribution in [2.75, 3.05) is 6.26 Å². The minimum Gasteiger partial charge on any atom is -0.480 e. The second-order valence-electron chi connectivity index (χ2n) is 2.38. The van der Waals surface area contributed by atoms with Gasteiger partial charge in [-0.05, 0) is 12.2 Å². The van der Waals surface area contributed by atoms with Crippen molar-refractivity contribution in [1.29, 1.82) is 0 Å². The topological polar surface area (TPSA) is 49.3 Å². The zero-order valence-corrected chi connectivity index (χ0v) is 7.23. The molecule has 0 spiro atoms. The van der Waals surface area contributed by atoms with Crippen LogP contribution in [0.4, 0.5) is 0 Å². The second-order valence-corrected chi connectivity index (χ2v) is 3.03. The van der Waals surface area contributed by atoms with Gasteiger partial charge in [0.05, 0.1) is 0 Å². The van der Waals surface area contributed by atoms with Crippen LogP contribution in [-0.2, 0) is 4.79 Å². The number of carboxylic acids is 1. The van der Waals surface area contributed by atoms with Crippen LogP contribution in [0.1, 0.15) is 13.8 Å². The Bertz CT molecular complexity index is 116. The summed E-state index contributed by atoms with van der Waals surface area (Å²) in [4.78, 5) is 10.5. The van der Waals surface area contributed by atoms with Gasteiger partial charge in [0, 0.05) is 0 Å². The molecule has 1 atom stereocenters. The number of nitrogens with one attached hydrogen (secondary N) is 1. The monoisotopic (exact) mass is 163 g/mol. The van der Waals surface area contributed by atoms with Crippen LogP contribution in [0.15, 0.2) is 0 Å². The van der Waals surface area contributed by atoms with Gasteiger partial charge < -0.3 is 5.11 Å². The van der Waals surface area contributed by atoms with Gasteiger partial charge in [-0.3, -0.25) is 9.52 Å². The quantitative estimate of drug-likeness (QED) is 0.606. The summed E-state index contributed by atoms with van der Waals surface area (Å²) in [5.74, 6) is -0.658. The first-order valence-electron chi connectivity index (χ1n) is 3.11. The lowest BCUT2D eigenvalue weighted by Crippen LogP contribution is -2.36. The highest BCUT2D eigenvalue weighted by Crippen LogP contribution is 2.04. The Morgan fingerprint density at radius 1 is 1.60 bits per heavy atom. The molecule has 0 unspecified atom stereocenters. The van der Waals surface area contributed by atoms with Crippen LogP contribution in [0.5, 0.6) is 0 Å². The van der Waals surface area contributed by atoms with Gasteiger partial charge in [0.1, 0.15) is 6.04 Å². The van der Waals surface area contributed by atoms with E-state index in [1.165, 1.54) is 11.9 Å². The first-order chi connectivity index (χ1) is 4.59. The molecule has 2 N–H and O–H groups in total. The molecule has 60 valence electrons. The maximum Gasteiger partial charge on any atom is 0.321 e. The molecule has 0 aromatic rings. The van der Waals surface area contributed by atoms with E-state index in [0.717, 1.165) is 0 Å². The zero-order valence-electron chi connectivity index (χ0n) is 6.42. The normalized spacial score (nSPS) is 13.6. The number of aliphatic carboxylic acids is 1. The van der Waals surface area contributed by atoms with E-state index in [-0.39, 0.29) is 5.92 Å². The molecule has 0 aliphatic carbocycles. The van der Waals surface area contributed by atoms with Crippen molar-refractivity contribution in [3.8, 4) is 0 Å². The third-order valence-electron chi connectivity index (χ3n) is 1.18. The molecule has 4 heteroatoms. The molecule has 0 rings (SSSR count). The van der Waals surface area contributed by atoms with E-state index in [0.29, 0.717) is 0 Å². The van der Waals surface area contributed by atoms with Gasteiger partial charge in [0.2, 0.25) is 0 Å². The minimum atomic E-state index is -0.788. The Labute approximate surface area is 65.3 Å². The van der Waals surface area contributed by atoms with Crippen molar-refractivity contribution in [1.82, 2.24) is 4.72 Å². The Morgan fingerprint density at radius 2 is 2.10 bits per heavy atom. The van der Waals surface area contributed by atoms with E-state index >= 15 is 0 Å². The zero-order chi connectivity index (χ0) is 8.15. The number of hydrogen-bond acceptors (Lipinski definition) is 3. The van der Waals surface area contributed by atoms with Crippen LogP contribution in [0.3, 0.4) is 0 Å². The lowest BCUT2D eigenvalue weighted by Gasteiger charge is -2.15. The molecule has 0 aliphatic rings. The number of carbonyl (C=O) groups is 1. The molecule has 0 aromatic carbocycles. The van der Waals surface area contributed by atoms with Gasteiger partial charge in [-0.25, -0.2) is 0 Å². The van der Waals surface area contributed by atoms with E-state index in [1.54, 1.807) is 0 Å². The van der Waals surface area contributed by atoms with Crippen molar-refractivity contribution in [2.45, 2.75) is 19.9 Å². The molecule has 3 nitrogen and oxygen atoms in total. The Hall–Kier alpha value is -0.220. The smallest absolute Gasteiger partial charge is 0.321 e. The van der Waals surface area contributed by atoms with Crippen LogP contribution < -0.4 is 4.72 Å². The predicted octanol–water partition coefficient (Wildman–Crippen LogP) is 0.963. The highest BCUT2D eigenvalue weighted by atomic mass is 32.2. The molecule has 0 aliphatic heterocycles. The molecule has 0 saturated heterocycles. The summed E-state index contributed by atoms with van der Waals surface area (Å²) >= 11 is 1.34. The largest absolute Gasteiger partial charge is 0.480 e. The van der Waals surface area contributed by atoms with Crippen LogP contribution >= 0.6 is 11.9 Å². The first-order valence-corrected chi connectivity index (χ1v) is 4.33. The maximum absolute atomic E-state index is 10.5. The summed E-state index contributed by atoms with van der Waals surface area (Å²) in [6.45, 7) is 3.75. The van der Waals surface area contributed by atoms with Gasteiger partial charge in [0.25, 0.3) is 0 Å². The predicted molar refractivity (Wildman–Crippen MR) is 42.9 cm³/mol. The molecule has 0 amide bonds. The standard InChI is InChI=1S/C6H13NO2S/c1-4(2)5(6(8)9)7-10-3/h4-5,7H,1-3H3,(H,8,9)/t5-/m0/s1. The summed E-state index contributed by atoms with van der Waals surface area (Å²) in [6.07, 6.45) is 1.82. The molecular weight excluding hydrogens is 150 g/mol. The fourth-order valence-electron chi connectivity index (χ4n) is 0.599. The molecule has 0 fully saturated rings. The van der Waals surface area contributed by atoms with E-state index in [1.807, 2.05) is 20.1 Å². The molecule has 0 saturated carbocycles. The number of carboxylic acid groups (broad SMARTS) is 1. The molecule has 0 aromatic heterocycles. The molecule has 0 heterocycles. The minimum absolute atomic E-state index is 0.130. The number of rotatable bonds is 4. The van der Waals surface area contributed by atoms with Crippen LogP contribution in [0, 0.1) is 5.92 Å². The van der Waals surface area contributed by atoms with Crippen molar-refractivity contribution >= 4 is 17.9 Å². The third kappa shape index (κ3) is 3.08. The van der Waals surface area contributed by atoms with E-state index in [9.17, 15) is 4.79 Å². The third-order valence-corrected chi connectivity index (χ3v) is 1.67. The van der Waals surface area contributed by atoms with Gasteiger partial charge in [-0.15, -0.1) is 0 Å². The number of hydrogen-bond donors (Lipinski definition) is 2. The highest BCUT2D eigenvalue weighted by Gasteiger charge is 2.19. The van der Waals surface area contributed by atoms with Crippen LogP contribution in [0.2, 0.25) is 0 Å². The SMILES string of the molecule is CSN[C@H](C(=O)O)C(C)C. The first kappa shape index (κ1) is 9.78. The van der Waals surface area contributed by atoms with Gasteiger partial charge in [-0.1, -0.05) is 25.8 Å². The van der Waals surface area contributed by atoms with Gasteiger partial charge in [0.15, 0.2) is 0 Å². The Balaban J connectivity index is 3.85. The summed E-state index contributed by atoms with van der Waals surface area (Å²) in [6, 6.07) is -0.435. The average molecular weight is 163 g/mol. The maximum atomic E-state index is 10.5. The fourth-order valence-corrected chi connectivity index (χ4v) is 1.23. The van der Waals surface area contributed by atoms with Crippen LogP contribution in [0.25, 0.3) is 0 Å². The van der Waals surface area contributed by atoms with Crippen molar-refractivity contribution in [3.05, 3.63) is 0 Å². The summed E-state index contributed by atoms with van der Waals surface area (Å²) in [5.41, 5.74) is 0. The summed E-state index contributed by atoms with van der Waals surface area (Å²) < 4.78 is 2.80. The molecular formula is C6H13NO2S. The molecule has 10 heavy (non-hydrogen) atoms. The second kappa shape index (κ2) is 4.57. The van der Waals surface area contributed by atoms with Gasteiger partial charge in [-0.2, -0.15) is 0 Å². The van der Waals surface area contributed by atoms with Gasteiger partial charge >= 0.3 is 5.97 Å². The lowest BCUT2D eigenvalue weighted by molar-refractivity contribution is -0.139. The van der Waals surface area contributed by atoms with E-state index < -0.39 is 12.0 Å². The highest BCUT2D eigenvalue weighted by molar-refractivity contribution is 7.96. The summed E-state index contributed by atoms with van der Waals surface area (Å²) in [5, 5.41) is 8.60. The van der Waals surface area contributed by atoms with Crippen molar-refractivity contribution in [3.63, 3.8) is 0 Å². The molecule has 0 radical (unpaired) electrons. The Morgan fingerprint density at radius 3 is 2.20 bits per heavy atom. The lowest BCUT2D eigenvalue weighted by atomic mass is 10.1. The summed E-state index contributed by atoms with van der Waals surface area (Å²) in [7, 11) is 0. The Kier molecular flexibility index (Phi) is 4.47. The van der Waals surface area contributed by atoms with Crippen LogP contribution in [-0.4, -0.2) is 23.4 Å². The van der Waals surface area contributed by atoms with E-state index in [2.05, 4.69) is 4.72 Å². The fraction of sp³-hybridized carbons (Fsp3) is 0.833. The average Bonchev–Trinajstić information content (AvgIpc) is 1.81. The van der Waals surface area contributed by atoms with Crippen molar-refractivity contribution < 1.29 is 9.90 Å². The van der Waals surface area contributed by atoms with E-state index in [4.69, 9.17) is 5.11 Å². The molecule has 0 bridgehead atoms.